The minimum Gasteiger partial charge on any atom is -0.0618 e. The summed E-state index contributed by atoms with van der Waals surface area (Å²) in [7, 11) is 0. The van der Waals surface area contributed by atoms with E-state index in [4.69, 9.17) is 0 Å². The number of nitrogens with zero attached hydrogens (tertiary/aromatic N) is 2. The van der Waals surface area contributed by atoms with E-state index in [-0.39, 0.29) is 5.41 Å². The third kappa shape index (κ3) is 2.14. The predicted molar refractivity (Wildman–Crippen MR) is 63.9 cm³/mol. The van der Waals surface area contributed by atoms with Crippen molar-refractivity contribution in [3.05, 3.63) is 30.3 Å². The Labute approximate surface area is 91.0 Å². The van der Waals surface area contributed by atoms with Crippen molar-refractivity contribution >= 4 is 17.6 Å². The van der Waals surface area contributed by atoms with Crippen molar-refractivity contribution in [2.45, 2.75) is 27.2 Å². The van der Waals surface area contributed by atoms with Gasteiger partial charge in [0.05, 0.1) is 6.42 Å². The Hall–Kier alpha value is -1.44. The van der Waals surface area contributed by atoms with Crippen LogP contribution in [0.2, 0.25) is 0 Å². The van der Waals surface area contributed by atoms with Crippen molar-refractivity contribution in [3.63, 3.8) is 0 Å². The average molecular weight is 201 g/mol. The summed E-state index contributed by atoms with van der Waals surface area (Å²) < 4.78 is 1.97. The van der Waals surface area contributed by atoms with Gasteiger partial charge in [-0.1, -0.05) is 43.7 Å². The molecule has 0 fully saturated rings. The molecule has 0 amide bonds. The second kappa shape index (κ2) is 3.61. The first kappa shape index (κ1) is 10.1. The molecule has 0 radical (unpaired) electrons. The van der Waals surface area contributed by atoms with E-state index in [2.05, 4.69) is 44.2 Å². The smallest absolute Gasteiger partial charge is 0.0618 e. The van der Waals surface area contributed by atoms with E-state index >= 15 is 0 Å². The van der Waals surface area contributed by atoms with Gasteiger partial charge in [-0.3, -0.25) is 0 Å². The lowest BCUT2D eigenvalue weighted by molar-refractivity contribution is -0.437. The molecular formula is C13H17N2+. The highest BCUT2D eigenvalue weighted by Gasteiger charge is 2.27. The van der Waals surface area contributed by atoms with Gasteiger partial charge in [0.1, 0.15) is 5.71 Å². The summed E-state index contributed by atoms with van der Waals surface area (Å²) in [6, 6.07) is 10.2. The number of para-hydroxylation sites is 1. The molecule has 15 heavy (non-hydrogen) atoms. The normalized spacial score (nSPS) is 16.2. The van der Waals surface area contributed by atoms with Crippen LogP contribution in [0.25, 0.3) is 0 Å². The SMILES string of the molecule is CC(C)(C)C1=N[N+](c2ccccc2)=CC1. The van der Waals surface area contributed by atoms with Crippen LogP contribution in [0, 0.1) is 5.41 Å². The highest BCUT2D eigenvalue weighted by atomic mass is 15.4. The Balaban J connectivity index is 2.26. The van der Waals surface area contributed by atoms with Gasteiger partial charge in [-0.25, -0.2) is 0 Å². The summed E-state index contributed by atoms with van der Waals surface area (Å²) >= 11 is 0. The minimum absolute atomic E-state index is 0.167. The predicted octanol–water partition coefficient (Wildman–Crippen LogP) is 3.21. The number of hydrogen-bond acceptors (Lipinski definition) is 1. The number of hydrogen-bond donors (Lipinski definition) is 0. The molecule has 0 bridgehead atoms. The largest absolute Gasteiger partial charge is 0.237 e. The third-order valence-electron chi connectivity index (χ3n) is 2.57. The van der Waals surface area contributed by atoms with Gasteiger partial charge in [0.2, 0.25) is 5.69 Å². The molecule has 1 aromatic rings. The Kier molecular flexibility index (Phi) is 2.43. The fourth-order valence-electron chi connectivity index (χ4n) is 1.58. The van der Waals surface area contributed by atoms with Crippen LogP contribution in [-0.4, -0.2) is 16.6 Å². The van der Waals surface area contributed by atoms with E-state index in [1.807, 2.05) is 22.9 Å². The lowest BCUT2D eigenvalue weighted by Crippen LogP contribution is -2.18. The van der Waals surface area contributed by atoms with Crippen molar-refractivity contribution in [1.29, 1.82) is 0 Å². The van der Waals surface area contributed by atoms with Crippen LogP contribution in [-0.2, 0) is 0 Å². The lowest BCUT2D eigenvalue weighted by Gasteiger charge is -2.14. The molecule has 0 unspecified atom stereocenters. The van der Waals surface area contributed by atoms with Gasteiger partial charge in [0.15, 0.2) is 6.21 Å². The van der Waals surface area contributed by atoms with E-state index in [1.165, 1.54) is 5.71 Å². The summed E-state index contributed by atoms with van der Waals surface area (Å²) in [6.45, 7) is 6.61. The van der Waals surface area contributed by atoms with Gasteiger partial charge >= 0.3 is 0 Å². The second-order valence-electron chi connectivity index (χ2n) is 4.86. The van der Waals surface area contributed by atoms with Crippen LogP contribution in [0.5, 0.6) is 0 Å². The van der Waals surface area contributed by atoms with E-state index in [0.717, 1.165) is 12.1 Å². The third-order valence-corrected chi connectivity index (χ3v) is 2.57. The molecular weight excluding hydrogens is 184 g/mol. The molecule has 0 saturated carbocycles. The molecule has 0 spiro atoms. The Morgan fingerprint density at radius 2 is 1.80 bits per heavy atom. The Morgan fingerprint density at radius 1 is 1.13 bits per heavy atom. The van der Waals surface area contributed by atoms with Crippen LogP contribution < -0.4 is 0 Å². The topological polar surface area (TPSA) is 15.4 Å². The maximum atomic E-state index is 4.62. The quantitative estimate of drug-likeness (QED) is 0.620. The van der Waals surface area contributed by atoms with Gasteiger partial charge in [-0.2, -0.15) is 0 Å². The summed E-state index contributed by atoms with van der Waals surface area (Å²) in [4.78, 5) is 0. The van der Waals surface area contributed by atoms with Gasteiger partial charge in [-0.15, -0.1) is 0 Å². The second-order valence-corrected chi connectivity index (χ2v) is 4.86. The molecule has 0 atom stereocenters. The molecule has 0 saturated heterocycles. The fraction of sp³-hybridized carbons (Fsp3) is 0.385. The first-order valence-corrected chi connectivity index (χ1v) is 5.33. The maximum absolute atomic E-state index is 4.62. The summed E-state index contributed by atoms with van der Waals surface area (Å²) in [6.07, 6.45) is 3.09. The first-order valence-electron chi connectivity index (χ1n) is 5.33. The molecule has 1 heterocycles. The van der Waals surface area contributed by atoms with Gasteiger partial charge in [0.25, 0.3) is 0 Å². The summed E-state index contributed by atoms with van der Waals surface area (Å²) in [5, 5.41) is 4.62. The number of hydrazone groups is 1. The standard InChI is InChI=1S/C13H17N2/c1-13(2,3)12-9-10-15(14-12)11-7-5-4-6-8-11/h4-8,10H,9H2,1-3H3/q+1. The van der Waals surface area contributed by atoms with Crippen LogP contribution in [0.4, 0.5) is 5.69 Å². The molecule has 0 N–H and O–H groups in total. The zero-order chi connectivity index (χ0) is 10.9. The van der Waals surface area contributed by atoms with Crippen LogP contribution >= 0.6 is 0 Å². The van der Waals surface area contributed by atoms with Crippen molar-refractivity contribution in [3.8, 4) is 0 Å². The zero-order valence-corrected chi connectivity index (χ0v) is 9.57. The van der Waals surface area contributed by atoms with Crippen molar-refractivity contribution in [2.75, 3.05) is 0 Å². The molecule has 1 aliphatic rings. The molecule has 2 heteroatoms. The number of benzene rings is 1. The van der Waals surface area contributed by atoms with Crippen molar-refractivity contribution < 1.29 is 4.68 Å². The molecule has 78 valence electrons. The average Bonchev–Trinajstić information content (AvgIpc) is 2.67. The Morgan fingerprint density at radius 3 is 2.33 bits per heavy atom. The number of rotatable bonds is 1. The fourth-order valence-corrected chi connectivity index (χ4v) is 1.58. The van der Waals surface area contributed by atoms with E-state index < -0.39 is 0 Å². The van der Waals surface area contributed by atoms with Crippen LogP contribution in [0.15, 0.2) is 35.4 Å². The maximum Gasteiger partial charge on any atom is 0.237 e. The van der Waals surface area contributed by atoms with E-state index in [1.54, 1.807) is 0 Å². The monoisotopic (exact) mass is 201 g/mol. The molecule has 0 aliphatic carbocycles. The molecule has 2 nitrogen and oxygen atoms in total. The zero-order valence-electron chi connectivity index (χ0n) is 9.57. The Bertz CT molecular complexity index is 408. The molecule has 1 aromatic carbocycles. The first-order chi connectivity index (χ1) is 7.07. The lowest BCUT2D eigenvalue weighted by atomic mass is 9.89. The van der Waals surface area contributed by atoms with Gasteiger partial charge < -0.3 is 0 Å². The van der Waals surface area contributed by atoms with Crippen LogP contribution in [0.3, 0.4) is 0 Å². The summed E-state index contributed by atoms with van der Waals surface area (Å²) in [5.74, 6) is 0. The molecule has 0 aromatic heterocycles. The van der Waals surface area contributed by atoms with Crippen molar-refractivity contribution in [2.24, 2.45) is 10.5 Å². The highest BCUT2D eigenvalue weighted by Crippen LogP contribution is 2.23. The summed E-state index contributed by atoms with van der Waals surface area (Å²) in [5.41, 5.74) is 2.54. The van der Waals surface area contributed by atoms with E-state index in [9.17, 15) is 0 Å². The van der Waals surface area contributed by atoms with Crippen LogP contribution in [0.1, 0.15) is 27.2 Å². The molecule has 1 aliphatic heterocycles. The molecule has 2 rings (SSSR count). The van der Waals surface area contributed by atoms with Gasteiger partial charge in [0, 0.05) is 17.5 Å². The van der Waals surface area contributed by atoms with Crippen molar-refractivity contribution in [1.82, 2.24) is 0 Å². The minimum atomic E-state index is 0.167. The highest BCUT2D eigenvalue weighted by molar-refractivity contribution is 5.99. The van der Waals surface area contributed by atoms with E-state index in [0.29, 0.717) is 0 Å². The van der Waals surface area contributed by atoms with Gasteiger partial charge in [-0.05, 0) is 5.10 Å².